The van der Waals surface area contributed by atoms with Gasteiger partial charge in [-0.1, -0.05) is 30.3 Å². The van der Waals surface area contributed by atoms with E-state index in [-0.39, 0.29) is 24.8 Å². The van der Waals surface area contributed by atoms with Crippen molar-refractivity contribution in [2.24, 2.45) is 5.73 Å². The number of hydrogen-bond donors (Lipinski definition) is 1. The Bertz CT molecular complexity index is 387. The summed E-state index contributed by atoms with van der Waals surface area (Å²) in [5.74, 6) is 0. The molecule has 0 aromatic heterocycles. The van der Waals surface area contributed by atoms with E-state index in [1.54, 1.807) is 0 Å². The summed E-state index contributed by atoms with van der Waals surface area (Å²) in [6.45, 7) is 6.53. The molecule has 1 aromatic rings. The van der Waals surface area contributed by atoms with Crippen molar-refractivity contribution < 1.29 is 4.74 Å². The van der Waals surface area contributed by atoms with Gasteiger partial charge in [0.1, 0.15) is 0 Å². The van der Waals surface area contributed by atoms with E-state index in [2.05, 4.69) is 47.2 Å². The Kier molecular flexibility index (Phi) is 12.8. The van der Waals surface area contributed by atoms with Crippen molar-refractivity contribution in [2.45, 2.75) is 25.4 Å². The summed E-state index contributed by atoms with van der Waals surface area (Å²) < 4.78 is 5.47. The van der Waals surface area contributed by atoms with E-state index in [0.717, 1.165) is 19.7 Å². The average molecular weight is 364 g/mol. The number of nitrogens with zero attached hydrogens (tertiary/aromatic N) is 2. The Balaban J connectivity index is 0.00000242. The first kappa shape index (κ1) is 22.6. The van der Waals surface area contributed by atoms with Crippen LogP contribution in [-0.4, -0.2) is 62.3 Å². The Morgan fingerprint density at radius 2 is 1.78 bits per heavy atom. The van der Waals surface area contributed by atoms with Gasteiger partial charge < -0.3 is 15.4 Å². The van der Waals surface area contributed by atoms with E-state index < -0.39 is 0 Å². The van der Waals surface area contributed by atoms with Gasteiger partial charge >= 0.3 is 0 Å². The minimum atomic E-state index is 0. The normalized spacial score (nSPS) is 16.0. The maximum Gasteiger partial charge on any atom is 0.0594 e. The minimum Gasteiger partial charge on any atom is -0.379 e. The van der Waals surface area contributed by atoms with Gasteiger partial charge in [-0.3, -0.25) is 4.90 Å². The Labute approximate surface area is 153 Å². The topological polar surface area (TPSA) is 41.7 Å². The summed E-state index contributed by atoms with van der Waals surface area (Å²) in [4.78, 5) is 5.00. The molecule has 0 atom stereocenters. The van der Waals surface area contributed by atoms with Crippen LogP contribution < -0.4 is 5.73 Å². The fraction of sp³-hybridized carbons (Fsp3) is 0.647. The van der Waals surface area contributed by atoms with Gasteiger partial charge in [0.25, 0.3) is 0 Å². The number of likely N-dealkylation sites (N-methyl/N-ethyl adjacent to an activating group) is 1. The van der Waals surface area contributed by atoms with Crippen molar-refractivity contribution in [1.82, 2.24) is 9.80 Å². The molecule has 1 heterocycles. The zero-order chi connectivity index (χ0) is 14.9. The molecule has 2 N–H and O–H groups in total. The fourth-order valence-corrected chi connectivity index (χ4v) is 2.94. The minimum absolute atomic E-state index is 0. The molecule has 0 unspecified atom stereocenters. The number of rotatable bonds is 8. The molecule has 4 nitrogen and oxygen atoms in total. The monoisotopic (exact) mass is 363 g/mol. The molecule has 1 aliphatic rings. The van der Waals surface area contributed by atoms with E-state index in [1.807, 2.05) is 0 Å². The number of hydrogen-bond acceptors (Lipinski definition) is 4. The first-order valence-corrected chi connectivity index (χ1v) is 8.04. The molecule has 1 aliphatic heterocycles. The Morgan fingerprint density at radius 3 is 2.39 bits per heavy atom. The maximum absolute atomic E-state index is 5.47. The molecule has 1 saturated heterocycles. The van der Waals surface area contributed by atoms with Gasteiger partial charge in [0.15, 0.2) is 0 Å². The van der Waals surface area contributed by atoms with Crippen LogP contribution in [0.5, 0.6) is 0 Å². The van der Waals surface area contributed by atoms with E-state index >= 15 is 0 Å². The van der Waals surface area contributed by atoms with Gasteiger partial charge in [0.2, 0.25) is 0 Å². The molecule has 0 saturated carbocycles. The number of ether oxygens (including phenoxy) is 1. The average Bonchev–Trinajstić information content (AvgIpc) is 2.53. The second-order valence-electron chi connectivity index (χ2n) is 5.87. The van der Waals surface area contributed by atoms with Crippen LogP contribution in [0, 0.1) is 0 Å². The highest BCUT2D eigenvalue weighted by Crippen LogP contribution is 2.17. The lowest BCUT2D eigenvalue weighted by Gasteiger charge is -2.36. The highest BCUT2D eigenvalue weighted by molar-refractivity contribution is 5.85. The lowest BCUT2D eigenvalue weighted by molar-refractivity contribution is 0.0778. The number of likely N-dealkylation sites (tertiary alicyclic amines) is 1. The summed E-state index contributed by atoms with van der Waals surface area (Å²) in [6.07, 6.45) is 2.50. The van der Waals surface area contributed by atoms with Crippen LogP contribution >= 0.6 is 24.8 Å². The molecule has 6 heteroatoms. The first-order valence-electron chi connectivity index (χ1n) is 8.04. The summed E-state index contributed by atoms with van der Waals surface area (Å²) in [5.41, 5.74) is 6.84. The van der Waals surface area contributed by atoms with Crippen LogP contribution in [0.4, 0.5) is 0 Å². The smallest absolute Gasteiger partial charge is 0.0594 e. The zero-order valence-corrected chi connectivity index (χ0v) is 15.7. The number of nitrogens with two attached hydrogens (primary N) is 1. The van der Waals surface area contributed by atoms with E-state index in [9.17, 15) is 0 Å². The van der Waals surface area contributed by atoms with Crippen LogP contribution in [0.15, 0.2) is 30.3 Å². The van der Waals surface area contributed by atoms with Gasteiger partial charge in [0, 0.05) is 25.7 Å². The van der Waals surface area contributed by atoms with Crippen LogP contribution in [-0.2, 0) is 11.3 Å². The standard InChI is InChI=1S/C17H29N3O.2ClH/c1-19(12-14-21-13-9-18)17-7-10-20(11-8-17)15-16-5-3-2-4-6-16;;/h2-6,17H,7-15,18H2,1H3;2*1H. The molecule has 134 valence electrons. The van der Waals surface area contributed by atoms with Crippen LogP contribution in [0.2, 0.25) is 0 Å². The lowest BCUT2D eigenvalue weighted by atomic mass is 10.0. The van der Waals surface area contributed by atoms with Gasteiger partial charge in [-0.2, -0.15) is 0 Å². The van der Waals surface area contributed by atoms with E-state index in [1.165, 1.54) is 31.5 Å². The molecule has 0 aliphatic carbocycles. The number of piperidine rings is 1. The second-order valence-corrected chi connectivity index (χ2v) is 5.87. The molecule has 1 fully saturated rings. The number of halogens is 2. The molecule has 1 aromatic carbocycles. The van der Waals surface area contributed by atoms with Gasteiger partial charge in [-0.25, -0.2) is 0 Å². The Morgan fingerprint density at radius 1 is 1.13 bits per heavy atom. The summed E-state index contributed by atoms with van der Waals surface area (Å²) >= 11 is 0. The summed E-state index contributed by atoms with van der Waals surface area (Å²) in [7, 11) is 2.21. The summed E-state index contributed by atoms with van der Waals surface area (Å²) in [6, 6.07) is 11.4. The van der Waals surface area contributed by atoms with Crippen molar-refractivity contribution in [2.75, 3.05) is 46.4 Å². The van der Waals surface area contributed by atoms with Gasteiger partial charge in [-0.15, -0.1) is 24.8 Å². The highest BCUT2D eigenvalue weighted by atomic mass is 35.5. The molecule has 0 bridgehead atoms. The maximum atomic E-state index is 5.47. The van der Waals surface area contributed by atoms with Crippen molar-refractivity contribution in [1.29, 1.82) is 0 Å². The molecule has 23 heavy (non-hydrogen) atoms. The van der Waals surface area contributed by atoms with Gasteiger partial charge in [0.05, 0.1) is 13.2 Å². The molecule has 2 rings (SSSR count). The fourth-order valence-electron chi connectivity index (χ4n) is 2.94. The Hall–Kier alpha value is -0.360. The van der Waals surface area contributed by atoms with Crippen LogP contribution in [0.1, 0.15) is 18.4 Å². The first-order chi connectivity index (χ1) is 10.3. The number of benzene rings is 1. The summed E-state index contributed by atoms with van der Waals surface area (Å²) in [5, 5.41) is 0. The molecular formula is C17H31Cl2N3O. The quantitative estimate of drug-likeness (QED) is 0.720. The third-order valence-corrected chi connectivity index (χ3v) is 4.28. The van der Waals surface area contributed by atoms with E-state index in [0.29, 0.717) is 19.2 Å². The van der Waals surface area contributed by atoms with Crippen molar-refractivity contribution in [3.05, 3.63) is 35.9 Å². The van der Waals surface area contributed by atoms with Crippen molar-refractivity contribution >= 4 is 24.8 Å². The third-order valence-electron chi connectivity index (χ3n) is 4.28. The third kappa shape index (κ3) is 8.34. The second kappa shape index (κ2) is 13.0. The molecule has 0 amide bonds. The molecular weight excluding hydrogens is 333 g/mol. The predicted molar refractivity (Wildman–Crippen MR) is 102 cm³/mol. The van der Waals surface area contributed by atoms with Crippen molar-refractivity contribution in [3.63, 3.8) is 0 Å². The van der Waals surface area contributed by atoms with Gasteiger partial charge in [-0.05, 0) is 38.5 Å². The van der Waals surface area contributed by atoms with E-state index in [4.69, 9.17) is 10.5 Å². The largest absolute Gasteiger partial charge is 0.379 e. The lowest BCUT2D eigenvalue weighted by Crippen LogP contribution is -2.44. The van der Waals surface area contributed by atoms with Crippen LogP contribution in [0.25, 0.3) is 0 Å². The predicted octanol–water partition coefficient (Wildman–Crippen LogP) is 2.40. The molecule has 0 spiro atoms. The highest BCUT2D eigenvalue weighted by Gasteiger charge is 2.22. The SMILES string of the molecule is CN(CCOCCN)C1CCN(Cc2ccccc2)CC1.Cl.Cl. The van der Waals surface area contributed by atoms with Crippen LogP contribution in [0.3, 0.4) is 0 Å². The molecule has 0 radical (unpaired) electrons. The zero-order valence-electron chi connectivity index (χ0n) is 14.0. The van der Waals surface area contributed by atoms with Crippen molar-refractivity contribution in [3.8, 4) is 0 Å².